The molecular formula is C16H33NO5. The van der Waals surface area contributed by atoms with Gasteiger partial charge in [-0.1, -0.05) is 13.3 Å². The summed E-state index contributed by atoms with van der Waals surface area (Å²) in [6, 6.07) is 0. The van der Waals surface area contributed by atoms with Gasteiger partial charge in [-0.05, 0) is 13.3 Å². The second kappa shape index (κ2) is 13.9. The molecule has 132 valence electrons. The van der Waals surface area contributed by atoms with Gasteiger partial charge in [0.05, 0.1) is 46.6 Å². The van der Waals surface area contributed by atoms with Gasteiger partial charge >= 0.3 is 0 Å². The topological polar surface area (TPSA) is 67.8 Å². The Bertz CT molecular complexity index is 267. The van der Waals surface area contributed by atoms with Crippen molar-refractivity contribution in [3.05, 3.63) is 0 Å². The lowest BCUT2D eigenvalue weighted by Crippen LogP contribution is -2.52. The quantitative estimate of drug-likeness (QED) is 0.432. The Balaban J connectivity index is 0.000000401. The number of aliphatic carboxylic acids is 1. The first-order valence-corrected chi connectivity index (χ1v) is 8.30. The molecule has 0 N–H and O–H groups in total. The summed E-state index contributed by atoms with van der Waals surface area (Å²) in [6.45, 7) is 11.6. The number of unbranched alkanes of at least 4 members (excludes halogenated alkanes) is 1. The number of hydrogen-bond acceptors (Lipinski definition) is 5. The highest BCUT2D eigenvalue weighted by atomic mass is 16.5. The highest BCUT2D eigenvalue weighted by Gasteiger charge is 2.23. The zero-order valence-corrected chi connectivity index (χ0v) is 14.5. The van der Waals surface area contributed by atoms with Gasteiger partial charge in [0.2, 0.25) is 0 Å². The number of carboxylic acid groups (broad SMARTS) is 1. The van der Waals surface area contributed by atoms with Crippen molar-refractivity contribution in [1.82, 2.24) is 0 Å². The molecule has 6 heteroatoms. The smallest absolute Gasteiger partial charge is 0.102 e. The van der Waals surface area contributed by atoms with Gasteiger partial charge in [0.15, 0.2) is 0 Å². The van der Waals surface area contributed by atoms with Gasteiger partial charge in [-0.3, -0.25) is 0 Å². The molecule has 0 amide bonds. The van der Waals surface area contributed by atoms with Crippen LogP contribution in [0.4, 0.5) is 0 Å². The summed E-state index contributed by atoms with van der Waals surface area (Å²) < 4.78 is 16.4. The number of ether oxygens (including phenoxy) is 3. The number of nitrogens with zero attached hydrogens (tertiary/aromatic N) is 1. The van der Waals surface area contributed by atoms with Gasteiger partial charge in [0.25, 0.3) is 0 Å². The fraction of sp³-hybridized carbons (Fsp3) is 0.938. The molecule has 22 heavy (non-hydrogen) atoms. The van der Waals surface area contributed by atoms with Crippen molar-refractivity contribution in [2.24, 2.45) is 0 Å². The van der Waals surface area contributed by atoms with Crippen LogP contribution in [0.2, 0.25) is 0 Å². The molecule has 0 aromatic rings. The molecule has 0 aliphatic carbocycles. The minimum absolute atomic E-state index is 0.0495. The van der Waals surface area contributed by atoms with Crippen LogP contribution in [-0.4, -0.2) is 76.8 Å². The number of rotatable bonds is 10. The fourth-order valence-corrected chi connectivity index (χ4v) is 2.07. The molecule has 0 radical (unpaired) electrons. The van der Waals surface area contributed by atoms with Gasteiger partial charge in [0.1, 0.15) is 13.1 Å². The summed E-state index contributed by atoms with van der Waals surface area (Å²) in [4.78, 5) is 9.87. The van der Waals surface area contributed by atoms with E-state index < -0.39 is 5.97 Å². The number of carboxylic acids is 1. The molecular weight excluding hydrogens is 286 g/mol. The van der Waals surface area contributed by atoms with Crippen LogP contribution in [-0.2, 0) is 19.0 Å². The highest BCUT2D eigenvalue weighted by Crippen LogP contribution is 2.08. The Morgan fingerprint density at radius 2 is 1.77 bits per heavy atom. The molecule has 1 fully saturated rings. The molecule has 1 heterocycles. The lowest BCUT2D eigenvalue weighted by atomic mass is 10.2. The maximum atomic E-state index is 9.87. The number of hydrogen-bond donors (Lipinski definition) is 0. The molecule has 1 aliphatic rings. The summed E-state index contributed by atoms with van der Waals surface area (Å²) in [5.41, 5.74) is 0. The minimum atomic E-state index is -1.08. The Labute approximate surface area is 134 Å². The van der Waals surface area contributed by atoms with E-state index in [9.17, 15) is 9.90 Å². The number of carbonyl (C=O) groups is 1. The van der Waals surface area contributed by atoms with Crippen LogP contribution in [0.3, 0.4) is 0 Å². The first-order valence-electron chi connectivity index (χ1n) is 8.30. The standard InChI is InChI=1S/C9H20NO.C7H14O4/c1-3-4-5-10(2)6-8-11-9-7-10;1-2-10-5-6-11-4-3-7(8)9/h3-9H2,1-2H3;2-6H2,1H3,(H,8,9)/q+1;/p-1. The third-order valence-electron chi connectivity index (χ3n) is 3.63. The van der Waals surface area contributed by atoms with Gasteiger partial charge in [-0.25, -0.2) is 0 Å². The maximum Gasteiger partial charge on any atom is 0.102 e. The van der Waals surface area contributed by atoms with Crippen molar-refractivity contribution >= 4 is 5.97 Å². The molecule has 1 saturated heterocycles. The van der Waals surface area contributed by atoms with E-state index in [0.29, 0.717) is 19.8 Å². The average molecular weight is 319 g/mol. The second-order valence-electron chi connectivity index (χ2n) is 5.69. The summed E-state index contributed by atoms with van der Waals surface area (Å²) in [6.07, 6.45) is 2.62. The SMILES string of the molecule is CCCC[N+]1(C)CCOCC1.CCOCCOCCC(=O)[O-]. The molecule has 0 bridgehead atoms. The van der Waals surface area contributed by atoms with Crippen LogP contribution < -0.4 is 5.11 Å². The monoisotopic (exact) mass is 319 g/mol. The molecule has 0 spiro atoms. The normalized spacial score (nSPS) is 16.7. The van der Waals surface area contributed by atoms with Crippen molar-refractivity contribution in [2.45, 2.75) is 33.1 Å². The van der Waals surface area contributed by atoms with E-state index in [2.05, 4.69) is 14.0 Å². The van der Waals surface area contributed by atoms with Crippen LogP contribution in [0.1, 0.15) is 33.1 Å². The van der Waals surface area contributed by atoms with Crippen LogP contribution in [0.5, 0.6) is 0 Å². The van der Waals surface area contributed by atoms with Gasteiger partial charge in [-0.15, -0.1) is 0 Å². The zero-order chi connectivity index (χ0) is 16.7. The highest BCUT2D eigenvalue weighted by molar-refractivity contribution is 5.64. The Kier molecular flexibility index (Phi) is 13.5. The van der Waals surface area contributed by atoms with Crippen LogP contribution in [0.25, 0.3) is 0 Å². The summed E-state index contributed by atoms with van der Waals surface area (Å²) in [5, 5.41) is 9.87. The van der Waals surface area contributed by atoms with E-state index in [1.165, 1.54) is 37.0 Å². The van der Waals surface area contributed by atoms with Crippen molar-refractivity contribution in [1.29, 1.82) is 0 Å². The Hall–Kier alpha value is -0.690. The third kappa shape index (κ3) is 13.0. The van der Waals surface area contributed by atoms with Crippen molar-refractivity contribution in [3.8, 4) is 0 Å². The molecule has 0 aromatic carbocycles. The summed E-state index contributed by atoms with van der Waals surface area (Å²) >= 11 is 0. The maximum absolute atomic E-state index is 9.87. The predicted octanol–water partition coefficient (Wildman–Crippen LogP) is 0.443. The van der Waals surface area contributed by atoms with Crippen LogP contribution >= 0.6 is 0 Å². The van der Waals surface area contributed by atoms with E-state index in [0.717, 1.165) is 13.2 Å². The number of carbonyl (C=O) groups excluding carboxylic acids is 1. The van der Waals surface area contributed by atoms with Gasteiger partial charge in [0, 0.05) is 19.0 Å². The fourth-order valence-electron chi connectivity index (χ4n) is 2.07. The first kappa shape index (κ1) is 21.3. The molecule has 6 nitrogen and oxygen atoms in total. The predicted molar refractivity (Wildman–Crippen MR) is 83.4 cm³/mol. The van der Waals surface area contributed by atoms with Crippen molar-refractivity contribution < 1.29 is 28.6 Å². The van der Waals surface area contributed by atoms with E-state index in [1.807, 2.05) is 6.92 Å². The summed E-state index contributed by atoms with van der Waals surface area (Å²) in [7, 11) is 2.35. The van der Waals surface area contributed by atoms with Crippen molar-refractivity contribution in [2.75, 3.05) is 66.3 Å². The molecule has 0 aromatic heterocycles. The van der Waals surface area contributed by atoms with Crippen LogP contribution in [0, 0.1) is 0 Å². The largest absolute Gasteiger partial charge is 0.550 e. The third-order valence-corrected chi connectivity index (χ3v) is 3.63. The lowest BCUT2D eigenvalue weighted by Gasteiger charge is -2.37. The molecule has 0 atom stereocenters. The first-order chi connectivity index (χ1) is 10.5. The molecule has 1 aliphatic heterocycles. The second-order valence-corrected chi connectivity index (χ2v) is 5.69. The van der Waals surface area contributed by atoms with Crippen LogP contribution in [0.15, 0.2) is 0 Å². The van der Waals surface area contributed by atoms with E-state index in [-0.39, 0.29) is 13.0 Å². The minimum Gasteiger partial charge on any atom is -0.550 e. The van der Waals surface area contributed by atoms with E-state index >= 15 is 0 Å². The Morgan fingerprint density at radius 1 is 1.14 bits per heavy atom. The molecule has 0 saturated carbocycles. The van der Waals surface area contributed by atoms with Crippen molar-refractivity contribution in [3.63, 3.8) is 0 Å². The Morgan fingerprint density at radius 3 is 2.32 bits per heavy atom. The molecule has 0 unspecified atom stereocenters. The number of likely N-dealkylation sites (N-methyl/N-ethyl adjacent to an activating group) is 1. The molecule has 1 rings (SSSR count). The zero-order valence-electron chi connectivity index (χ0n) is 14.5. The number of morpholine rings is 1. The van der Waals surface area contributed by atoms with E-state index in [4.69, 9.17) is 14.2 Å². The summed E-state index contributed by atoms with van der Waals surface area (Å²) in [5.74, 6) is -1.08. The average Bonchev–Trinajstić information content (AvgIpc) is 2.50. The lowest BCUT2D eigenvalue weighted by molar-refractivity contribution is -0.917. The number of quaternary nitrogens is 1. The van der Waals surface area contributed by atoms with Gasteiger partial charge in [-0.2, -0.15) is 0 Å². The van der Waals surface area contributed by atoms with Gasteiger partial charge < -0.3 is 28.6 Å². The van der Waals surface area contributed by atoms with E-state index in [1.54, 1.807) is 0 Å².